The standard InChI is InChI=1S/C19H28F3N3O.HI/c1-3-23-17(25-14-18(9-10-18)11-12-26-4-2)24-13-15-5-7-16(8-6-15)19(20,21)22;/h5-8H,3-4,9-14H2,1-2H3,(H2,23,24,25);1H. The lowest BCUT2D eigenvalue weighted by molar-refractivity contribution is -0.137. The molecule has 1 aromatic rings. The summed E-state index contributed by atoms with van der Waals surface area (Å²) in [5.74, 6) is 0.690. The molecule has 0 heterocycles. The molecule has 1 saturated carbocycles. The number of benzene rings is 1. The third kappa shape index (κ3) is 8.25. The van der Waals surface area contributed by atoms with E-state index >= 15 is 0 Å². The van der Waals surface area contributed by atoms with Crippen molar-refractivity contribution in [2.75, 3.05) is 26.3 Å². The Labute approximate surface area is 176 Å². The Morgan fingerprint density at radius 2 is 1.81 bits per heavy atom. The van der Waals surface area contributed by atoms with Crippen molar-refractivity contribution in [2.24, 2.45) is 10.4 Å². The van der Waals surface area contributed by atoms with E-state index < -0.39 is 11.7 Å². The van der Waals surface area contributed by atoms with Crippen LogP contribution in [0.3, 0.4) is 0 Å². The number of nitrogens with one attached hydrogen (secondary N) is 2. The number of ether oxygens (including phenoxy) is 1. The van der Waals surface area contributed by atoms with Crippen LogP contribution in [0.4, 0.5) is 13.2 Å². The van der Waals surface area contributed by atoms with Gasteiger partial charge in [0.25, 0.3) is 0 Å². The first-order valence-corrected chi connectivity index (χ1v) is 9.14. The molecule has 1 aliphatic carbocycles. The normalized spacial score (nSPS) is 15.8. The zero-order chi connectivity index (χ0) is 19.0. The van der Waals surface area contributed by atoms with Crippen molar-refractivity contribution in [1.82, 2.24) is 10.6 Å². The molecule has 27 heavy (non-hydrogen) atoms. The maximum atomic E-state index is 12.6. The number of hydrogen-bond donors (Lipinski definition) is 2. The Morgan fingerprint density at radius 3 is 2.33 bits per heavy atom. The highest BCUT2D eigenvalue weighted by Crippen LogP contribution is 2.48. The van der Waals surface area contributed by atoms with Gasteiger partial charge in [0, 0.05) is 26.3 Å². The molecule has 0 spiro atoms. The van der Waals surface area contributed by atoms with Gasteiger partial charge in [0.05, 0.1) is 12.1 Å². The number of hydrogen-bond acceptors (Lipinski definition) is 2. The first-order chi connectivity index (χ1) is 12.4. The predicted molar refractivity (Wildman–Crippen MR) is 112 cm³/mol. The molecule has 4 nitrogen and oxygen atoms in total. The van der Waals surface area contributed by atoms with Crippen LogP contribution < -0.4 is 10.6 Å². The molecule has 8 heteroatoms. The second-order valence-electron chi connectivity index (χ2n) is 6.69. The Bertz CT molecular complexity index is 587. The van der Waals surface area contributed by atoms with Gasteiger partial charge in [-0.05, 0) is 56.2 Å². The first-order valence-electron chi connectivity index (χ1n) is 9.14. The third-order valence-electron chi connectivity index (χ3n) is 4.61. The van der Waals surface area contributed by atoms with Crippen LogP contribution in [0.2, 0.25) is 0 Å². The molecule has 2 N–H and O–H groups in total. The van der Waals surface area contributed by atoms with Crippen LogP contribution in [0.15, 0.2) is 29.3 Å². The molecule has 0 radical (unpaired) electrons. The fourth-order valence-corrected chi connectivity index (χ4v) is 2.71. The van der Waals surface area contributed by atoms with Crippen molar-refractivity contribution < 1.29 is 17.9 Å². The van der Waals surface area contributed by atoms with E-state index in [0.717, 1.165) is 50.4 Å². The summed E-state index contributed by atoms with van der Waals surface area (Å²) in [5.41, 5.74) is 0.396. The van der Waals surface area contributed by atoms with Gasteiger partial charge in [-0.1, -0.05) is 12.1 Å². The largest absolute Gasteiger partial charge is 0.416 e. The summed E-state index contributed by atoms with van der Waals surface area (Å²) >= 11 is 0. The van der Waals surface area contributed by atoms with Crippen molar-refractivity contribution in [1.29, 1.82) is 0 Å². The van der Waals surface area contributed by atoms with Gasteiger partial charge in [-0.2, -0.15) is 13.2 Å². The number of aliphatic imine (C=N–C) groups is 1. The molecule has 0 atom stereocenters. The molecule has 0 unspecified atom stereocenters. The molecule has 154 valence electrons. The predicted octanol–water partition coefficient (Wildman–Crippen LogP) is 4.59. The minimum atomic E-state index is -4.31. The highest BCUT2D eigenvalue weighted by Gasteiger charge is 2.41. The van der Waals surface area contributed by atoms with Crippen molar-refractivity contribution in [3.05, 3.63) is 35.4 Å². The molecule has 0 amide bonds. The van der Waals surface area contributed by atoms with E-state index in [1.165, 1.54) is 25.0 Å². The highest BCUT2D eigenvalue weighted by molar-refractivity contribution is 14.0. The molecular weight excluding hydrogens is 470 g/mol. The van der Waals surface area contributed by atoms with Gasteiger partial charge in [-0.3, -0.25) is 0 Å². The first kappa shape index (κ1) is 24.0. The number of guanidine groups is 1. The lowest BCUT2D eigenvalue weighted by atomic mass is 10.0. The van der Waals surface area contributed by atoms with Crippen LogP contribution in [0.1, 0.15) is 44.2 Å². The maximum Gasteiger partial charge on any atom is 0.416 e. The molecular formula is C19H29F3IN3O. The smallest absolute Gasteiger partial charge is 0.382 e. The van der Waals surface area contributed by atoms with E-state index in [-0.39, 0.29) is 24.0 Å². The van der Waals surface area contributed by atoms with Gasteiger partial charge < -0.3 is 15.4 Å². The van der Waals surface area contributed by atoms with Crippen LogP contribution in [-0.2, 0) is 17.5 Å². The summed E-state index contributed by atoms with van der Waals surface area (Å²) in [6, 6.07) is 5.14. The fraction of sp³-hybridized carbons (Fsp3) is 0.632. The summed E-state index contributed by atoms with van der Waals surface area (Å²) in [6.45, 7) is 7.38. The van der Waals surface area contributed by atoms with Crippen molar-refractivity contribution >= 4 is 29.9 Å². The Morgan fingerprint density at radius 1 is 1.15 bits per heavy atom. The second-order valence-corrected chi connectivity index (χ2v) is 6.69. The van der Waals surface area contributed by atoms with Crippen LogP contribution in [0.25, 0.3) is 0 Å². The van der Waals surface area contributed by atoms with Gasteiger partial charge in [-0.15, -0.1) is 24.0 Å². The monoisotopic (exact) mass is 499 g/mol. The van der Waals surface area contributed by atoms with Crippen LogP contribution in [0.5, 0.6) is 0 Å². The van der Waals surface area contributed by atoms with Crippen LogP contribution >= 0.6 is 24.0 Å². The minimum Gasteiger partial charge on any atom is -0.382 e. The quantitative estimate of drug-likeness (QED) is 0.226. The lowest BCUT2D eigenvalue weighted by Gasteiger charge is -2.18. The molecule has 0 aliphatic heterocycles. The van der Waals surface area contributed by atoms with E-state index in [2.05, 4.69) is 15.6 Å². The number of alkyl halides is 3. The summed E-state index contributed by atoms with van der Waals surface area (Å²) in [5, 5.41) is 6.54. The minimum absolute atomic E-state index is 0. The number of nitrogens with zero attached hydrogens (tertiary/aromatic N) is 1. The number of halogens is 4. The Hall–Kier alpha value is -1.03. The van der Waals surface area contributed by atoms with E-state index in [1.54, 1.807) is 0 Å². The zero-order valence-corrected chi connectivity index (χ0v) is 18.2. The molecule has 1 fully saturated rings. The van der Waals surface area contributed by atoms with Gasteiger partial charge in [-0.25, -0.2) is 4.99 Å². The summed E-state index contributed by atoms with van der Waals surface area (Å²) in [4.78, 5) is 4.48. The Kier molecular flexibility index (Phi) is 9.86. The SMILES string of the molecule is CCNC(=NCc1ccc(C(F)(F)F)cc1)NCC1(CCOCC)CC1.I. The van der Waals surface area contributed by atoms with E-state index in [4.69, 9.17) is 4.74 Å². The summed E-state index contributed by atoms with van der Waals surface area (Å²) < 4.78 is 43.3. The van der Waals surface area contributed by atoms with Crippen LogP contribution in [0, 0.1) is 5.41 Å². The Balaban J connectivity index is 0.00000364. The average Bonchev–Trinajstić information content (AvgIpc) is 3.37. The van der Waals surface area contributed by atoms with Gasteiger partial charge >= 0.3 is 6.18 Å². The molecule has 0 saturated heterocycles. The summed E-state index contributed by atoms with van der Waals surface area (Å²) in [7, 11) is 0. The fourth-order valence-electron chi connectivity index (χ4n) is 2.71. The number of rotatable bonds is 9. The van der Waals surface area contributed by atoms with E-state index in [1.807, 2.05) is 13.8 Å². The van der Waals surface area contributed by atoms with E-state index in [0.29, 0.717) is 17.9 Å². The lowest BCUT2D eigenvalue weighted by Crippen LogP contribution is -2.40. The molecule has 1 aliphatic rings. The van der Waals surface area contributed by atoms with Crippen molar-refractivity contribution in [2.45, 2.75) is 45.8 Å². The summed E-state index contributed by atoms with van der Waals surface area (Å²) in [6.07, 6.45) is -0.902. The van der Waals surface area contributed by atoms with E-state index in [9.17, 15) is 13.2 Å². The van der Waals surface area contributed by atoms with Crippen molar-refractivity contribution in [3.8, 4) is 0 Å². The topological polar surface area (TPSA) is 45.7 Å². The van der Waals surface area contributed by atoms with Gasteiger partial charge in [0.15, 0.2) is 5.96 Å². The maximum absolute atomic E-state index is 12.6. The highest BCUT2D eigenvalue weighted by atomic mass is 127. The molecule has 0 aromatic heterocycles. The third-order valence-corrected chi connectivity index (χ3v) is 4.61. The van der Waals surface area contributed by atoms with Crippen molar-refractivity contribution in [3.63, 3.8) is 0 Å². The average molecular weight is 499 g/mol. The molecule has 1 aromatic carbocycles. The molecule has 0 bridgehead atoms. The second kappa shape index (κ2) is 11.1. The zero-order valence-electron chi connectivity index (χ0n) is 15.9. The van der Waals surface area contributed by atoms with Gasteiger partial charge in [0.1, 0.15) is 0 Å². The van der Waals surface area contributed by atoms with Gasteiger partial charge in [0.2, 0.25) is 0 Å². The van der Waals surface area contributed by atoms with Crippen LogP contribution in [-0.4, -0.2) is 32.3 Å². The molecule has 2 rings (SSSR count).